The Kier molecular flexibility index (Phi) is 3.98. The van der Waals surface area contributed by atoms with Gasteiger partial charge in [-0.1, -0.05) is 13.8 Å². The molecule has 76 valence electrons. The van der Waals surface area contributed by atoms with Crippen molar-refractivity contribution in [1.29, 1.82) is 0 Å². The van der Waals surface area contributed by atoms with Crippen LogP contribution in [0.15, 0.2) is 35.3 Å². The van der Waals surface area contributed by atoms with E-state index >= 15 is 0 Å². The number of allylic oxidation sites excluding steroid dienone is 1. The van der Waals surface area contributed by atoms with E-state index in [1.165, 1.54) is 18.6 Å². The van der Waals surface area contributed by atoms with Gasteiger partial charge in [0.2, 0.25) is 0 Å². The molecular weight excluding hydrogens is 178 g/mol. The molecule has 0 unspecified atom stereocenters. The first-order chi connectivity index (χ1) is 6.70. The summed E-state index contributed by atoms with van der Waals surface area (Å²) >= 11 is 0. The van der Waals surface area contributed by atoms with Crippen LogP contribution in [0.1, 0.15) is 24.2 Å². The molecule has 0 bridgehead atoms. The molecule has 1 aromatic rings. The first kappa shape index (κ1) is 10.6. The maximum atomic E-state index is 11.4. The molecule has 0 saturated heterocycles. The minimum Gasteiger partial charge on any atom is -0.472 e. The predicted octanol–water partition coefficient (Wildman–Crippen LogP) is 2.22. The minimum absolute atomic E-state index is 0.0463. The topological polar surface area (TPSA) is 42.2 Å². The molecule has 3 heteroatoms. The van der Waals surface area contributed by atoms with Crippen molar-refractivity contribution < 1.29 is 9.21 Å². The van der Waals surface area contributed by atoms with E-state index in [-0.39, 0.29) is 5.78 Å². The maximum Gasteiger partial charge on any atom is 0.190 e. The monoisotopic (exact) mass is 193 g/mol. The number of carbonyl (C=O) groups excluding carboxylic acids is 1. The Balaban J connectivity index is 2.34. The van der Waals surface area contributed by atoms with E-state index in [9.17, 15) is 4.79 Å². The Hall–Kier alpha value is -1.51. The van der Waals surface area contributed by atoms with Crippen molar-refractivity contribution >= 4 is 5.78 Å². The first-order valence-electron chi connectivity index (χ1n) is 4.66. The van der Waals surface area contributed by atoms with Crippen molar-refractivity contribution in [1.82, 2.24) is 5.32 Å². The third-order valence-electron chi connectivity index (χ3n) is 1.68. The van der Waals surface area contributed by atoms with Gasteiger partial charge in [0, 0.05) is 18.8 Å². The van der Waals surface area contributed by atoms with Gasteiger partial charge in [0.25, 0.3) is 0 Å². The summed E-state index contributed by atoms with van der Waals surface area (Å²) in [6, 6.07) is 1.65. The quantitative estimate of drug-likeness (QED) is 0.576. The molecule has 0 atom stereocenters. The zero-order chi connectivity index (χ0) is 10.4. The highest BCUT2D eigenvalue weighted by molar-refractivity contribution is 6.04. The van der Waals surface area contributed by atoms with Crippen LogP contribution in [-0.2, 0) is 0 Å². The summed E-state index contributed by atoms with van der Waals surface area (Å²) in [5.74, 6) is 0.527. The van der Waals surface area contributed by atoms with Gasteiger partial charge in [-0.05, 0) is 12.0 Å². The summed E-state index contributed by atoms with van der Waals surface area (Å²) in [5.41, 5.74) is 0.576. The van der Waals surface area contributed by atoms with Crippen LogP contribution in [0.2, 0.25) is 0 Å². The molecule has 14 heavy (non-hydrogen) atoms. The third kappa shape index (κ3) is 3.47. The van der Waals surface area contributed by atoms with Gasteiger partial charge in [-0.15, -0.1) is 0 Å². The van der Waals surface area contributed by atoms with E-state index in [1.807, 2.05) is 0 Å². The molecule has 1 heterocycles. The highest BCUT2D eigenvalue weighted by atomic mass is 16.3. The maximum absolute atomic E-state index is 11.4. The second-order valence-corrected chi connectivity index (χ2v) is 3.51. The molecule has 0 aliphatic heterocycles. The average Bonchev–Trinajstić information content (AvgIpc) is 2.64. The van der Waals surface area contributed by atoms with Crippen molar-refractivity contribution in [3.8, 4) is 0 Å². The minimum atomic E-state index is -0.0463. The highest BCUT2D eigenvalue weighted by Gasteiger charge is 2.01. The molecule has 1 aromatic heterocycles. The van der Waals surface area contributed by atoms with Gasteiger partial charge in [0.1, 0.15) is 6.26 Å². The lowest BCUT2D eigenvalue weighted by Gasteiger charge is -2.02. The second kappa shape index (κ2) is 5.27. The molecule has 3 nitrogen and oxygen atoms in total. The van der Waals surface area contributed by atoms with Crippen LogP contribution in [-0.4, -0.2) is 12.3 Å². The molecule has 1 rings (SSSR count). The Bertz CT molecular complexity index is 299. The largest absolute Gasteiger partial charge is 0.472 e. The second-order valence-electron chi connectivity index (χ2n) is 3.51. The standard InChI is InChI=1S/C11H15NO2/c1-9(2)7-12-5-3-11(13)10-4-6-14-8-10/h3-6,8-9,12H,7H2,1-2H3/b5-3-. The van der Waals surface area contributed by atoms with Crippen molar-refractivity contribution in [3.05, 3.63) is 36.4 Å². The van der Waals surface area contributed by atoms with Gasteiger partial charge in [0.15, 0.2) is 5.78 Å². The highest BCUT2D eigenvalue weighted by Crippen LogP contribution is 2.01. The van der Waals surface area contributed by atoms with Gasteiger partial charge in [-0.3, -0.25) is 4.79 Å². The summed E-state index contributed by atoms with van der Waals surface area (Å²) in [6.45, 7) is 5.09. The first-order valence-corrected chi connectivity index (χ1v) is 4.66. The van der Waals surface area contributed by atoms with Gasteiger partial charge in [-0.2, -0.15) is 0 Å². The SMILES string of the molecule is CC(C)CN/C=C\C(=O)c1ccoc1. The number of ketones is 1. The fourth-order valence-corrected chi connectivity index (χ4v) is 0.939. The lowest BCUT2D eigenvalue weighted by atomic mass is 10.2. The van der Waals surface area contributed by atoms with Crippen LogP contribution in [0.3, 0.4) is 0 Å². The van der Waals surface area contributed by atoms with Crippen LogP contribution in [0.25, 0.3) is 0 Å². The van der Waals surface area contributed by atoms with Gasteiger partial charge < -0.3 is 9.73 Å². The van der Waals surface area contributed by atoms with Crippen LogP contribution in [0, 0.1) is 5.92 Å². The summed E-state index contributed by atoms with van der Waals surface area (Å²) in [5, 5.41) is 3.05. The Morgan fingerprint density at radius 2 is 2.43 bits per heavy atom. The van der Waals surface area contributed by atoms with Gasteiger partial charge in [-0.25, -0.2) is 0 Å². The molecule has 0 saturated carbocycles. The fraction of sp³-hybridized carbons (Fsp3) is 0.364. The Morgan fingerprint density at radius 1 is 1.64 bits per heavy atom. The van der Waals surface area contributed by atoms with Crippen molar-refractivity contribution in [2.24, 2.45) is 5.92 Å². The summed E-state index contributed by atoms with van der Waals surface area (Å²) in [4.78, 5) is 11.4. The van der Waals surface area contributed by atoms with Gasteiger partial charge in [0.05, 0.1) is 11.8 Å². The third-order valence-corrected chi connectivity index (χ3v) is 1.68. The number of rotatable bonds is 5. The molecule has 0 aliphatic carbocycles. The Morgan fingerprint density at radius 3 is 3.00 bits per heavy atom. The zero-order valence-electron chi connectivity index (χ0n) is 8.49. The Labute approximate surface area is 83.8 Å². The number of hydrogen-bond acceptors (Lipinski definition) is 3. The average molecular weight is 193 g/mol. The fourth-order valence-electron chi connectivity index (χ4n) is 0.939. The molecule has 0 radical (unpaired) electrons. The van der Waals surface area contributed by atoms with Crippen LogP contribution < -0.4 is 5.32 Å². The molecule has 1 N–H and O–H groups in total. The predicted molar refractivity (Wildman–Crippen MR) is 55.0 cm³/mol. The summed E-state index contributed by atoms with van der Waals surface area (Å²) in [7, 11) is 0. The number of nitrogens with one attached hydrogen (secondary N) is 1. The van der Waals surface area contributed by atoms with Crippen molar-refractivity contribution in [2.75, 3.05) is 6.54 Å². The van der Waals surface area contributed by atoms with Crippen molar-refractivity contribution in [3.63, 3.8) is 0 Å². The summed E-state index contributed by atoms with van der Waals surface area (Å²) < 4.78 is 4.81. The molecular formula is C11H15NO2. The molecule has 0 aromatic carbocycles. The van der Waals surface area contributed by atoms with Gasteiger partial charge >= 0.3 is 0 Å². The number of furan rings is 1. The van der Waals surface area contributed by atoms with Crippen LogP contribution in [0.5, 0.6) is 0 Å². The molecule has 0 amide bonds. The lowest BCUT2D eigenvalue weighted by Crippen LogP contribution is -2.13. The van der Waals surface area contributed by atoms with E-state index in [1.54, 1.807) is 12.3 Å². The zero-order valence-corrected chi connectivity index (χ0v) is 8.49. The van der Waals surface area contributed by atoms with E-state index in [0.29, 0.717) is 11.5 Å². The number of carbonyl (C=O) groups is 1. The van der Waals surface area contributed by atoms with E-state index in [0.717, 1.165) is 6.54 Å². The lowest BCUT2D eigenvalue weighted by molar-refractivity contribution is 0.104. The smallest absolute Gasteiger partial charge is 0.190 e. The van der Waals surface area contributed by atoms with E-state index in [2.05, 4.69) is 19.2 Å². The van der Waals surface area contributed by atoms with E-state index in [4.69, 9.17) is 4.42 Å². The summed E-state index contributed by atoms with van der Waals surface area (Å²) in [6.07, 6.45) is 6.11. The van der Waals surface area contributed by atoms with Crippen LogP contribution >= 0.6 is 0 Å². The number of hydrogen-bond donors (Lipinski definition) is 1. The van der Waals surface area contributed by atoms with Crippen LogP contribution in [0.4, 0.5) is 0 Å². The normalized spacial score (nSPS) is 11.1. The molecule has 0 fully saturated rings. The molecule has 0 aliphatic rings. The van der Waals surface area contributed by atoms with E-state index < -0.39 is 0 Å². The van der Waals surface area contributed by atoms with Crippen molar-refractivity contribution in [2.45, 2.75) is 13.8 Å². The molecule has 0 spiro atoms.